The van der Waals surface area contributed by atoms with E-state index in [-0.39, 0.29) is 11.8 Å². The van der Waals surface area contributed by atoms with Crippen LogP contribution < -0.4 is 14.4 Å². The lowest BCUT2D eigenvalue weighted by Crippen LogP contribution is -2.23. The van der Waals surface area contributed by atoms with Crippen LogP contribution >= 0.6 is 11.3 Å². The quantitative estimate of drug-likeness (QED) is 0.624. The fourth-order valence-corrected chi connectivity index (χ4v) is 2.84. The van der Waals surface area contributed by atoms with Gasteiger partial charge in [0, 0.05) is 20.8 Å². The molecule has 0 spiro atoms. The van der Waals surface area contributed by atoms with Crippen molar-refractivity contribution in [1.82, 2.24) is 4.98 Å². The number of anilines is 2. The molecule has 24 heavy (non-hydrogen) atoms. The molecule has 0 bridgehead atoms. The smallest absolute Gasteiger partial charge is 0.309 e. The van der Waals surface area contributed by atoms with Crippen LogP contribution in [0.3, 0.4) is 0 Å². The number of ether oxygens (including phenoxy) is 2. The second kappa shape index (κ2) is 7.22. The average molecular weight is 348 g/mol. The SMILES string of the molecule is CC(=O)Oc1ccc(N(C(C)=O)c2nc(OC(C)=O)cs2)c(C)c1. The van der Waals surface area contributed by atoms with Gasteiger partial charge in [-0.15, -0.1) is 11.3 Å². The van der Waals surface area contributed by atoms with Crippen LogP contribution in [0.25, 0.3) is 0 Å². The van der Waals surface area contributed by atoms with Crippen molar-refractivity contribution in [1.29, 1.82) is 0 Å². The summed E-state index contributed by atoms with van der Waals surface area (Å²) in [6, 6.07) is 4.93. The highest BCUT2D eigenvalue weighted by Gasteiger charge is 2.21. The van der Waals surface area contributed by atoms with Gasteiger partial charge in [0.05, 0.1) is 11.1 Å². The zero-order valence-electron chi connectivity index (χ0n) is 13.7. The van der Waals surface area contributed by atoms with Gasteiger partial charge in [-0.25, -0.2) is 0 Å². The molecule has 0 saturated heterocycles. The van der Waals surface area contributed by atoms with Crippen LogP contribution in [0.5, 0.6) is 11.6 Å². The molecular formula is C16H16N2O5S. The van der Waals surface area contributed by atoms with Crippen molar-refractivity contribution in [2.45, 2.75) is 27.7 Å². The summed E-state index contributed by atoms with van der Waals surface area (Å²) < 4.78 is 9.95. The van der Waals surface area contributed by atoms with Gasteiger partial charge in [-0.2, -0.15) is 4.98 Å². The summed E-state index contributed by atoms with van der Waals surface area (Å²) in [6.07, 6.45) is 0. The van der Waals surface area contributed by atoms with Gasteiger partial charge in [-0.05, 0) is 30.7 Å². The number of nitrogens with zero attached hydrogens (tertiary/aromatic N) is 2. The second-order valence-corrected chi connectivity index (χ2v) is 5.79. The number of carbonyl (C=O) groups is 3. The predicted octanol–water partition coefficient (Wildman–Crippen LogP) is 2.99. The molecule has 7 nitrogen and oxygen atoms in total. The van der Waals surface area contributed by atoms with Gasteiger partial charge in [-0.1, -0.05) is 0 Å². The Balaban J connectivity index is 2.37. The van der Waals surface area contributed by atoms with E-state index < -0.39 is 11.9 Å². The number of amides is 1. The van der Waals surface area contributed by atoms with Crippen molar-refractivity contribution >= 4 is 40.0 Å². The third-order valence-electron chi connectivity index (χ3n) is 2.90. The molecule has 1 aromatic heterocycles. The number of esters is 2. The maximum atomic E-state index is 12.1. The molecule has 1 heterocycles. The minimum atomic E-state index is -0.483. The molecule has 1 amide bonds. The lowest BCUT2D eigenvalue weighted by molar-refractivity contribution is -0.133. The van der Waals surface area contributed by atoms with Crippen LogP contribution in [0.1, 0.15) is 26.3 Å². The summed E-state index contributed by atoms with van der Waals surface area (Å²) in [5.74, 6) is -0.614. The Hall–Kier alpha value is -2.74. The molecule has 8 heteroatoms. The number of hydrogen-bond donors (Lipinski definition) is 0. The van der Waals surface area contributed by atoms with Crippen molar-refractivity contribution < 1.29 is 23.9 Å². The van der Waals surface area contributed by atoms with E-state index in [4.69, 9.17) is 9.47 Å². The molecule has 0 radical (unpaired) electrons. The molecule has 0 atom stereocenters. The first-order chi connectivity index (χ1) is 11.3. The number of aryl methyl sites for hydroxylation is 1. The minimum Gasteiger partial charge on any atom is -0.427 e. The van der Waals surface area contributed by atoms with Crippen molar-refractivity contribution in [2.75, 3.05) is 4.90 Å². The van der Waals surface area contributed by atoms with E-state index in [0.717, 1.165) is 5.56 Å². The van der Waals surface area contributed by atoms with Crippen molar-refractivity contribution in [3.05, 3.63) is 29.1 Å². The van der Waals surface area contributed by atoms with Gasteiger partial charge >= 0.3 is 11.9 Å². The number of benzene rings is 1. The maximum absolute atomic E-state index is 12.1. The normalized spacial score (nSPS) is 10.2. The maximum Gasteiger partial charge on any atom is 0.309 e. The number of carbonyl (C=O) groups excluding carboxylic acids is 3. The summed E-state index contributed by atoms with van der Waals surface area (Å²) in [5.41, 5.74) is 1.33. The molecule has 0 saturated carbocycles. The third-order valence-corrected chi connectivity index (χ3v) is 3.70. The molecule has 2 rings (SSSR count). The van der Waals surface area contributed by atoms with Gasteiger partial charge in [0.25, 0.3) is 0 Å². The summed E-state index contributed by atoms with van der Waals surface area (Å²) >= 11 is 1.18. The Morgan fingerprint density at radius 2 is 1.75 bits per heavy atom. The molecule has 0 fully saturated rings. The predicted molar refractivity (Wildman–Crippen MR) is 88.7 cm³/mol. The number of rotatable bonds is 4. The lowest BCUT2D eigenvalue weighted by atomic mass is 10.1. The van der Waals surface area contributed by atoms with Crippen molar-refractivity contribution in [3.63, 3.8) is 0 Å². The van der Waals surface area contributed by atoms with E-state index in [0.29, 0.717) is 16.6 Å². The van der Waals surface area contributed by atoms with Crippen LogP contribution in [-0.4, -0.2) is 22.8 Å². The topological polar surface area (TPSA) is 85.8 Å². The first-order valence-corrected chi connectivity index (χ1v) is 7.89. The van der Waals surface area contributed by atoms with Crippen molar-refractivity contribution in [2.24, 2.45) is 0 Å². The largest absolute Gasteiger partial charge is 0.427 e. The summed E-state index contributed by atoms with van der Waals surface area (Å²) in [4.78, 5) is 39.7. The summed E-state index contributed by atoms with van der Waals surface area (Å²) in [6.45, 7) is 5.79. The van der Waals surface area contributed by atoms with Gasteiger partial charge in [0.1, 0.15) is 5.75 Å². The van der Waals surface area contributed by atoms with E-state index in [1.165, 1.54) is 37.0 Å². The van der Waals surface area contributed by atoms with Crippen molar-refractivity contribution in [3.8, 4) is 11.6 Å². The van der Waals surface area contributed by atoms with E-state index in [1.807, 2.05) is 0 Å². The van der Waals surface area contributed by atoms with Crippen LogP contribution in [0, 0.1) is 6.92 Å². The Labute approximate surface area is 142 Å². The Morgan fingerprint density at radius 3 is 2.29 bits per heavy atom. The first kappa shape index (κ1) is 17.6. The molecule has 126 valence electrons. The molecule has 0 aliphatic heterocycles. The highest BCUT2D eigenvalue weighted by Crippen LogP contribution is 2.34. The van der Waals surface area contributed by atoms with Crippen LogP contribution in [0.2, 0.25) is 0 Å². The molecule has 0 aliphatic rings. The number of hydrogen-bond acceptors (Lipinski definition) is 7. The Kier molecular flexibility index (Phi) is 5.30. The van der Waals surface area contributed by atoms with Crippen LogP contribution in [-0.2, 0) is 14.4 Å². The fourth-order valence-electron chi connectivity index (χ4n) is 2.06. The molecule has 1 aromatic carbocycles. The lowest BCUT2D eigenvalue weighted by Gasteiger charge is -2.20. The zero-order chi connectivity index (χ0) is 17.9. The molecule has 0 aliphatic carbocycles. The molecular weight excluding hydrogens is 332 g/mol. The average Bonchev–Trinajstić information content (AvgIpc) is 2.87. The van der Waals surface area contributed by atoms with Crippen LogP contribution in [0.15, 0.2) is 23.6 Å². The Morgan fingerprint density at radius 1 is 1.08 bits per heavy atom. The molecule has 2 aromatic rings. The fraction of sp³-hybridized carbons (Fsp3) is 0.250. The monoisotopic (exact) mass is 348 g/mol. The van der Waals surface area contributed by atoms with Gasteiger partial charge in [0.2, 0.25) is 11.8 Å². The third kappa shape index (κ3) is 4.17. The highest BCUT2D eigenvalue weighted by molar-refractivity contribution is 7.14. The van der Waals surface area contributed by atoms with E-state index >= 15 is 0 Å². The van der Waals surface area contributed by atoms with E-state index in [1.54, 1.807) is 30.5 Å². The van der Waals surface area contributed by atoms with E-state index in [9.17, 15) is 14.4 Å². The summed E-state index contributed by atoms with van der Waals surface area (Å²) in [5, 5.41) is 1.93. The standard InChI is InChI=1S/C16H16N2O5S/c1-9-7-13(22-11(3)20)5-6-14(9)18(10(2)19)16-17-15(8-24-16)23-12(4)21/h5-8H,1-4H3. The van der Waals surface area contributed by atoms with Gasteiger partial charge in [-0.3, -0.25) is 19.3 Å². The zero-order valence-corrected chi connectivity index (χ0v) is 14.5. The minimum absolute atomic E-state index is 0.142. The van der Waals surface area contributed by atoms with E-state index in [2.05, 4.69) is 4.98 Å². The number of thiazole rings is 1. The van der Waals surface area contributed by atoms with Crippen LogP contribution in [0.4, 0.5) is 10.8 Å². The molecule has 0 unspecified atom stereocenters. The Bertz CT molecular complexity index is 800. The second-order valence-electron chi connectivity index (χ2n) is 4.96. The highest BCUT2D eigenvalue weighted by atomic mass is 32.1. The number of aromatic nitrogens is 1. The molecule has 0 N–H and O–H groups in total. The summed E-state index contributed by atoms with van der Waals surface area (Å²) in [7, 11) is 0. The van der Waals surface area contributed by atoms with Gasteiger partial charge < -0.3 is 9.47 Å². The first-order valence-electron chi connectivity index (χ1n) is 7.01. The van der Waals surface area contributed by atoms with Gasteiger partial charge in [0.15, 0.2) is 5.13 Å².